The van der Waals surface area contributed by atoms with E-state index >= 15 is 0 Å². The summed E-state index contributed by atoms with van der Waals surface area (Å²) in [6.45, 7) is 0. The first-order valence-electron chi connectivity index (χ1n) is 5.88. The largest absolute Gasteiger partial charge is 0.174 e. The first-order valence-corrected chi connectivity index (χ1v) is 8.87. The molecule has 0 aliphatic rings. The highest BCUT2D eigenvalue weighted by molar-refractivity contribution is 9.09. The molecule has 0 aliphatic heterocycles. The van der Waals surface area contributed by atoms with Gasteiger partial charge in [-0.2, -0.15) is 0 Å². The van der Waals surface area contributed by atoms with Crippen LogP contribution in [0.5, 0.6) is 0 Å². The second-order valence-electron chi connectivity index (χ2n) is 3.72. The minimum Gasteiger partial charge on any atom is -0.146 e. The third-order valence-electron chi connectivity index (χ3n) is 2.34. The Morgan fingerprint density at radius 2 is 1.75 bits per heavy atom. The normalized spacial score (nSPS) is 10.8. The lowest BCUT2D eigenvalue weighted by Gasteiger charge is -2.00. The highest BCUT2D eigenvalue weighted by Gasteiger charge is 1.97. The zero-order chi connectivity index (χ0) is 11.5. The first-order chi connectivity index (χ1) is 7.93. The van der Waals surface area contributed by atoms with Crippen molar-refractivity contribution in [2.24, 2.45) is 0 Å². The summed E-state index contributed by atoms with van der Waals surface area (Å²) in [5.74, 6) is 1.19. The number of unbranched alkanes of at least 4 members (excludes halogenated alkanes) is 6. The van der Waals surface area contributed by atoms with E-state index in [0.29, 0.717) is 0 Å². The molecule has 0 aromatic carbocycles. The van der Waals surface area contributed by atoms with Crippen LogP contribution >= 0.6 is 39.0 Å². The molecule has 0 fully saturated rings. The van der Waals surface area contributed by atoms with Crippen LogP contribution in [0.4, 0.5) is 0 Å². The maximum Gasteiger partial charge on any atom is 0.174 e. The Balaban J connectivity index is 1.78. The predicted molar refractivity (Wildman–Crippen MR) is 76.7 cm³/mol. The van der Waals surface area contributed by atoms with Crippen molar-refractivity contribution in [2.75, 3.05) is 11.1 Å². The molecule has 0 unspecified atom stereocenters. The molecule has 0 atom stereocenters. The molecule has 0 saturated carbocycles. The van der Waals surface area contributed by atoms with Gasteiger partial charge in [-0.1, -0.05) is 71.1 Å². The van der Waals surface area contributed by atoms with Gasteiger partial charge in [-0.3, -0.25) is 0 Å². The standard InChI is InChI=1S/C11H19BrN2S2/c12-8-6-4-2-1-3-5-7-9-15-11-14-13-10-16-11/h10H,1-9H2. The van der Waals surface area contributed by atoms with Gasteiger partial charge in [-0.25, -0.2) is 0 Å². The summed E-state index contributed by atoms with van der Waals surface area (Å²) in [7, 11) is 0. The van der Waals surface area contributed by atoms with Gasteiger partial charge in [0.05, 0.1) is 0 Å². The maximum atomic E-state index is 4.01. The SMILES string of the molecule is BrCCCCCCCCCSc1nncs1. The zero-order valence-electron chi connectivity index (χ0n) is 9.53. The van der Waals surface area contributed by atoms with Crippen LogP contribution in [0.2, 0.25) is 0 Å². The lowest BCUT2D eigenvalue weighted by molar-refractivity contribution is 0.606. The lowest BCUT2D eigenvalue weighted by Crippen LogP contribution is -1.83. The van der Waals surface area contributed by atoms with Crippen molar-refractivity contribution in [3.8, 4) is 0 Å². The minimum atomic E-state index is 1.11. The van der Waals surface area contributed by atoms with Gasteiger partial charge in [0.15, 0.2) is 4.34 Å². The fourth-order valence-corrected chi connectivity index (χ4v) is 3.42. The van der Waals surface area contributed by atoms with E-state index < -0.39 is 0 Å². The molecule has 0 bridgehead atoms. The van der Waals surface area contributed by atoms with Crippen LogP contribution in [0.1, 0.15) is 44.9 Å². The lowest BCUT2D eigenvalue weighted by atomic mass is 10.1. The van der Waals surface area contributed by atoms with E-state index in [9.17, 15) is 0 Å². The fourth-order valence-electron chi connectivity index (χ4n) is 1.47. The highest BCUT2D eigenvalue weighted by Crippen LogP contribution is 2.20. The summed E-state index contributed by atoms with van der Waals surface area (Å²) in [6, 6.07) is 0. The Hall–Kier alpha value is 0.390. The first kappa shape index (κ1) is 14.5. The van der Waals surface area contributed by atoms with Crippen molar-refractivity contribution in [3.63, 3.8) is 0 Å². The number of hydrogen-bond acceptors (Lipinski definition) is 4. The topological polar surface area (TPSA) is 25.8 Å². The van der Waals surface area contributed by atoms with E-state index in [1.807, 2.05) is 11.8 Å². The second-order valence-corrected chi connectivity index (χ2v) is 6.69. The number of nitrogens with zero attached hydrogens (tertiary/aromatic N) is 2. The molecule has 1 heterocycles. The van der Waals surface area contributed by atoms with Crippen LogP contribution in [-0.4, -0.2) is 21.3 Å². The van der Waals surface area contributed by atoms with Gasteiger partial charge < -0.3 is 0 Å². The van der Waals surface area contributed by atoms with Crippen LogP contribution in [-0.2, 0) is 0 Å². The van der Waals surface area contributed by atoms with Gasteiger partial charge in [0, 0.05) is 11.1 Å². The quantitative estimate of drug-likeness (QED) is 0.353. The molecule has 0 saturated heterocycles. The van der Waals surface area contributed by atoms with Gasteiger partial charge in [-0.05, 0) is 12.8 Å². The van der Waals surface area contributed by atoms with E-state index in [4.69, 9.17) is 0 Å². The smallest absolute Gasteiger partial charge is 0.146 e. The average molecular weight is 323 g/mol. The van der Waals surface area contributed by atoms with Crippen LogP contribution in [0, 0.1) is 0 Å². The van der Waals surface area contributed by atoms with Gasteiger partial charge in [0.1, 0.15) is 5.51 Å². The van der Waals surface area contributed by atoms with E-state index in [2.05, 4.69) is 26.1 Å². The van der Waals surface area contributed by atoms with Crippen LogP contribution in [0.3, 0.4) is 0 Å². The summed E-state index contributed by atoms with van der Waals surface area (Å²) in [4.78, 5) is 0. The molecule has 0 spiro atoms. The molecule has 0 amide bonds. The molecule has 1 aromatic rings. The maximum absolute atomic E-state index is 4.01. The monoisotopic (exact) mass is 322 g/mol. The van der Waals surface area contributed by atoms with Crippen LogP contribution in [0.25, 0.3) is 0 Å². The summed E-state index contributed by atoms with van der Waals surface area (Å²) in [5, 5.41) is 8.99. The third-order valence-corrected chi connectivity index (χ3v) is 4.85. The molecule has 5 heteroatoms. The van der Waals surface area contributed by atoms with Crippen molar-refractivity contribution in [3.05, 3.63) is 5.51 Å². The minimum absolute atomic E-state index is 1.11. The van der Waals surface area contributed by atoms with Crippen LogP contribution < -0.4 is 0 Å². The Labute approximate surface area is 115 Å². The van der Waals surface area contributed by atoms with Crippen molar-refractivity contribution >= 4 is 39.0 Å². The molecule has 16 heavy (non-hydrogen) atoms. The highest BCUT2D eigenvalue weighted by atomic mass is 79.9. The number of alkyl halides is 1. The van der Waals surface area contributed by atoms with Gasteiger partial charge in [0.25, 0.3) is 0 Å². The molecule has 0 N–H and O–H groups in total. The Kier molecular flexibility index (Phi) is 9.52. The van der Waals surface area contributed by atoms with Crippen molar-refractivity contribution < 1.29 is 0 Å². The predicted octanol–water partition coefficient (Wildman–Crippen LogP) is 4.76. The summed E-state index contributed by atoms with van der Waals surface area (Å²) in [6.07, 6.45) is 9.56. The summed E-state index contributed by atoms with van der Waals surface area (Å²) >= 11 is 6.93. The van der Waals surface area contributed by atoms with Crippen molar-refractivity contribution in [2.45, 2.75) is 49.3 Å². The Morgan fingerprint density at radius 3 is 2.38 bits per heavy atom. The number of rotatable bonds is 10. The average Bonchev–Trinajstić information content (AvgIpc) is 2.80. The number of hydrogen-bond donors (Lipinski definition) is 0. The zero-order valence-corrected chi connectivity index (χ0v) is 12.7. The van der Waals surface area contributed by atoms with E-state index in [1.165, 1.54) is 50.7 Å². The molecular weight excluding hydrogens is 304 g/mol. The molecule has 0 radical (unpaired) electrons. The summed E-state index contributed by atoms with van der Waals surface area (Å²) in [5.41, 5.74) is 1.80. The van der Waals surface area contributed by atoms with E-state index in [0.717, 1.165) is 9.67 Å². The Bertz CT molecular complexity index is 242. The van der Waals surface area contributed by atoms with Crippen molar-refractivity contribution in [1.29, 1.82) is 0 Å². The van der Waals surface area contributed by atoms with Gasteiger partial charge >= 0.3 is 0 Å². The molecular formula is C11H19BrN2S2. The van der Waals surface area contributed by atoms with Crippen molar-refractivity contribution in [1.82, 2.24) is 10.2 Å². The second kappa shape index (κ2) is 10.5. The Morgan fingerprint density at radius 1 is 1.06 bits per heavy atom. The summed E-state index contributed by atoms with van der Waals surface area (Å²) < 4.78 is 1.11. The number of aromatic nitrogens is 2. The van der Waals surface area contributed by atoms with Crippen LogP contribution in [0.15, 0.2) is 9.85 Å². The van der Waals surface area contributed by atoms with E-state index in [-0.39, 0.29) is 0 Å². The fraction of sp³-hybridized carbons (Fsp3) is 0.818. The molecule has 92 valence electrons. The van der Waals surface area contributed by atoms with E-state index in [1.54, 1.807) is 16.8 Å². The van der Waals surface area contributed by atoms with Gasteiger partial charge in [-0.15, -0.1) is 10.2 Å². The number of thioether (sulfide) groups is 1. The molecule has 2 nitrogen and oxygen atoms in total. The molecule has 1 aromatic heterocycles. The molecule has 1 rings (SSSR count). The van der Waals surface area contributed by atoms with Gasteiger partial charge in [0.2, 0.25) is 0 Å². The molecule has 0 aliphatic carbocycles. The third kappa shape index (κ3) is 7.63. The number of halogens is 1.